The number of sulfone groups is 1. The van der Waals surface area contributed by atoms with E-state index in [9.17, 15) is 23.6 Å². The lowest BCUT2D eigenvalue weighted by Gasteiger charge is -2.25. The van der Waals surface area contributed by atoms with Gasteiger partial charge in [0, 0.05) is 24.2 Å². The highest BCUT2D eigenvalue weighted by molar-refractivity contribution is 7.91. The summed E-state index contributed by atoms with van der Waals surface area (Å²) >= 11 is 0. The Hall–Kier alpha value is -4.75. The lowest BCUT2D eigenvalue weighted by atomic mass is 10.0. The number of aromatic hydroxyl groups is 1. The maximum Gasteiger partial charge on any atom is 0.296 e. The molecule has 3 heterocycles. The average Bonchev–Trinajstić information content (AvgIpc) is 3.47. The number of aromatic amines is 1. The lowest BCUT2D eigenvalue weighted by molar-refractivity contribution is 0.358. The topological polar surface area (TPSA) is 142 Å². The molecule has 5 aromatic rings. The second-order valence-corrected chi connectivity index (χ2v) is 11.6. The number of pyridine rings is 1. The summed E-state index contributed by atoms with van der Waals surface area (Å²) < 4.78 is 29.1. The van der Waals surface area contributed by atoms with E-state index in [0.29, 0.717) is 41.9 Å². The molecule has 5 rings (SSSR count). The maximum absolute atomic E-state index is 13.8. The number of hydrogen-bond acceptors (Lipinski definition) is 7. The highest BCUT2D eigenvalue weighted by atomic mass is 32.2. The summed E-state index contributed by atoms with van der Waals surface area (Å²) in [6.07, 6.45) is 5.79. The Balaban J connectivity index is 1.64. The van der Waals surface area contributed by atoms with Crippen LogP contribution in [0, 0.1) is 11.3 Å². The monoisotopic (exact) mass is 567 g/mol. The summed E-state index contributed by atoms with van der Waals surface area (Å²) in [5.41, 5.74) is 2.49. The molecule has 3 aromatic heterocycles. The first kappa shape index (κ1) is 27.8. The summed E-state index contributed by atoms with van der Waals surface area (Å²) in [4.78, 5) is 23.9. The minimum absolute atomic E-state index is 0.137. The number of nitrogens with one attached hydrogen (secondary N) is 1. The standard InChI is InChI=1S/C31H29N5O4S/c1-3-5-9-27-35-30(37)28(31(38)36(27)26(4-2)22-8-6-7-20(18-22)19-32)41(39,40)23-12-10-21(11-13-23)24-14-16-33-29-25(24)15-17-34-29/h6-8,10-18,26,38H,3-5,9H2,1-2H3,(H,33,34). The van der Waals surface area contributed by atoms with Gasteiger partial charge in [-0.3, -0.25) is 9.36 Å². The summed E-state index contributed by atoms with van der Waals surface area (Å²) in [5, 5.41) is 21.8. The number of aryl methyl sites for hydroxylation is 1. The van der Waals surface area contributed by atoms with Crippen molar-refractivity contribution in [2.75, 3.05) is 0 Å². The van der Waals surface area contributed by atoms with Crippen LogP contribution in [0.1, 0.15) is 56.1 Å². The highest BCUT2D eigenvalue weighted by Crippen LogP contribution is 2.34. The third-order valence-electron chi connectivity index (χ3n) is 7.19. The van der Waals surface area contributed by atoms with Crippen LogP contribution in [0.4, 0.5) is 0 Å². The van der Waals surface area contributed by atoms with E-state index in [0.717, 1.165) is 22.9 Å². The number of H-pyrrole nitrogens is 1. The Kier molecular flexibility index (Phi) is 7.72. The minimum Gasteiger partial charge on any atom is -0.493 e. The fraction of sp³-hybridized carbons (Fsp3) is 0.226. The van der Waals surface area contributed by atoms with Crippen molar-refractivity contribution in [3.8, 4) is 23.1 Å². The van der Waals surface area contributed by atoms with E-state index in [1.807, 2.05) is 32.0 Å². The zero-order chi connectivity index (χ0) is 29.1. The van der Waals surface area contributed by atoms with Crippen LogP contribution in [0.2, 0.25) is 0 Å². The fourth-order valence-corrected chi connectivity index (χ4v) is 6.49. The Bertz CT molecular complexity index is 1940. The molecule has 41 heavy (non-hydrogen) atoms. The van der Waals surface area contributed by atoms with Gasteiger partial charge in [-0.15, -0.1) is 0 Å². The van der Waals surface area contributed by atoms with E-state index < -0.39 is 32.2 Å². The van der Waals surface area contributed by atoms with E-state index in [4.69, 9.17) is 0 Å². The Morgan fingerprint density at radius 3 is 2.59 bits per heavy atom. The summed E-state index contributed by atoms with van der Waals surface area (Å²) in [6, 6.07) is 18.4. The lowest BCUT2D eigenvalue weighted by Crippen LogP contribution is -2.27. The maximum atomic E-state index is 13.8. The molecule has 0 saturated carbocycles. The minimum atomic E-state index is -4.44. The fourth-order valence-electron chi connectivity index (χ4n) is 5.15. The third kappa shape index (κ3) is 5.12. The van der Waals surface area contributed by atoms with Crippen LogP contribution in [-0.2, 0) is 16.3 Å². The SMILES string of the molecule is CCCCc1nc(=O)c(S(=O)(=O)c2ccc(-c3ccnc4[nH]ccc34)cc2)c(O)n1C(CC)c1cccc(C#N)c1. The van der Waals surface area contributed by atoms with Crippen molar-refractivity contribution in [3.05, 3.63) is 100 Å². The van der Waals surface area contributed by atoms with Gasteiger partial charge in [-0.25, -0.2) is 13.4 Å². The van der Waals surface area contributed by atoms with Crippen molar-refractivity contribution >= 4 is 20.9 Å². The predicted molar refractivity (Wildman–Crippen MR) is 155 cm³/mol. The highest BCUT2D eigenvalue weighted by Gasteiger charge is 2.32. The smallest absolute Gasteiger partial charge is 0.296 e. The second kappa shape index (κ2) is 11.4. The zero-order valence-electron chi connectivity index (χ0n) is 22.7. The molecule has 1 atom stereocenters. The first-order valence-electron chi connectivity index (χ1n) is 13.4. The quantitative estimate of drug-likeness (QED) is 0.238. The van der Waals surface area contributed by atoms with E-state index in [1.54, 1.807) is 42.7 Å². The molecule has 0 fully saturated rings. The molecule has 0 saturated heterocycles. The van der Waals surface area contributed by atoms with Crippen LogP contribution in [0.25, 0.3) is 22.2 Å². The van der Waals surface area contributed by atoms with Gasteiger partial charge in [0.2, 0.25) is 15.7 Å². The molecule has 208 valence electrons. The molecule has 2 N–H and O–H groups in total. The number of nitriles is 1. The first-order chi connectivity index (χ1) is 19.8. The molecule has 0 aliphatic heterocycles. The third-order valence-corrected chi connectivity index (χ3v) is 8.98. The second-order valence-electron chi connectivity index (χ2n) is 9.75. The van der Waals surface area contributed by atoms with Gasteiger partial charge in [0.15, 0.2) is 4.90 Å². The van der Waals surface area contributed by atoms with Crippen LogP contribution < -0.4 is 5.56 Å². The van der Waals surface area contributed by atoms with Crippen molar-refractivity contribution in [2.45, 2.75) is 55.4 Å². The van der Waals surface area contributed by atoms with Gasteiger partial charge in [-0.2, -0.15) is 10.2 Å². The zero-order valence-corrected chi connectivity index (χ0v) is 23.5. The van der Waals surface area contributed by atoms with Gasteiger partial charge in [-0.1, -0.05) is 44.5 Å². The number of benzene rings is 2. The summed E-state index contributed by atoms with van der Waals surface area (Å²) in [6.45, 7) is 3.88. The van der Waals surface area contributed by atoms with Crippen LogP contribution in [0.3, 0.4) is 0 Å². The molecule has 1 unspecified atom stereocenters. The molecule has 0 aliphatic carbocycles. The number of fused-ring (bicyclic) bond motifs is 1. The van der Waals surface area contributed by atoms with Crippen molar-refractivity contribution in [2.24, 2.45) is 0 Å². The average molecular weight is 568 g/mol. The van der Waals surface area contributed by atoms with Gasteiger partial charge in [-0.05, 0) is 65.9 Å². The van der Waals surface area contributed by atoms with Crippen LogP contribution >= 0.6 is 0 Å². The Morgan fingerprint density at radius 2 is 1.88 bits per heavy atom. The van der Waals surface area contributed by atoms with E-state index in [1.165, 1.54) is 16.7 Å². The van der Waals surface area contributed by atoms with E-state index in [-0.39, 0.29) is 4.90 Å². The molecular formula is C31H29N5O4S. The molecule has 0 aliphatic rings. The first-order valence-corrected chi connectivity index (χ1v) is 14.9. The van der Waals surface area contributed by atoms with Gasteiger partial charge >= 0.3 is 0 Å². The molecular weight excluding hydrogens is 538 g/mol. The predicted octanol–water partition coefficient (Wildman–Crippen LogP) is 5.54. The van der Waals surface area contributed by atoms with Crippen LogP contribution in [0.5, 0.6) is 5.88 Å². The Morgan fingerprint density at radius 1 is 1.10 bits per heavy atom. The van der Waals surface area contributed by atoms with Gasteiger partial charge < -0.3 is 10.1 Å². The molecule has 2 aromatic carbocycles. The molecule has 0 radical (unpaired) electrons. The largest absolute Gasteiger partial charge is 0.493 e. The summed E-state index contributed by atoms with van der Waals surface area (Å²) in [5.74, 6) is -0.358. The number of hydrogen-bond donors (Lipinski definition) is 2. The van der Waals surface area contributed by atoms with Gasteiger partial charge in [0.05, 0.1) is 22.6 Å². The molecule has 10 heteroatoms. The van der Waals surface area contributed by atoms with Gasteiger partial charge in [0.1, 0.15) is 11.5 Å². The van der Waals surface area contributed by atoms with Crippen molar-refractivity contribution < 1.29 is 13.5 Å². The van der Waals surface area contributed by atoms with Crippen molar-refractivity contribution in [3.63, 3.8) is 0 Å². The van der Waals surface area contributed by atoms with Crippen molar-refractivity contribution in [1.29, 1.82) is 5.26 Å². The van der Waals surface area contributed by atoms with Gasteiger partial charge in [0.25, 0.3) is 5.56 Å². The number of nitrogens with zero attached hydrogens (tertiary/aromatic N) is 4. The van der Waals surface area contributed by atoms with Crippen LogP contribution in [0.15, 0.2) is 87.6 Å². The molecule has 0 spiro atoms. The van der Waals surface area contributed by atoms with E-state index >= 15 is 0 Å². The molecule has 0 amide bonds. The number of rotatable bonds is 9. The van der Waals surface area contributed by atoms with Crippen molar-refractivity contribution in [1.82, 2.24) is 19.5 Å². The molecule has 0 bridgehead atoms. The van der Waals surface area contributed by atoms with Crippen LogP contribution in [-0.4, -0.2) is 33.0 Å². The Labute approximate surface area is 237 Å². The number of unbranched alkanes of at least 4 members (excludes halogenated alkanes) is 1. The normalized spacial score (nSPS) is 12.3. The van der Waals surface area contributed by atoms with E-state index in [2.05, 4.69) is 21.0 Å². The summed E-state index contributed by atoms with van der Waals surface area (Å²) in [7, 11) is -4.44. The molecule has 9 nitrogen and oxygen atoms in total. The number of aromatic nitrogens is 4.